The minimum atomic E-state index is -0.320. The minimum Gasteiger partial charge on any atom is -0.493 e. The smallest absolute Gasteiger partial charge is 0.120 e. The maximum atomic E-state index is 8.98. The van der Waals surface area contributed by atoms with E-state index in [9.17, 15) is 0 Å². The van der Waals surface area contributed by atoms with E-state index in [4.69, 9.17) is 21.4 Å². The van der Waals surface area contributed by atoms with Gasteiger partial charge in [0.05, 0.1) is 12.7 Å². The lowest BCUT2D eigenvalue weighted by atomic mass is 10.3. The predicted octanol–water partition coefficient (Wildman–Crippen LogP) is 2.49. The fourth-order valence-corrected chi connectivity index (χ4v) is 1.08. The molecule has 0 radical (unpaired) electrons. The summed E-state index contributed by atoms with van der Waals surface area (Å²) in [5, 5.41) is 9.64. The van der Waals surface area contributed by atoms with Crippen molar-refractivity contribution in [2.24, 2.45) is 0 Å². The van der Waals surface area contributed by atoms with E-state index in [0.717, 1.165) is 5.75 Å². The first-order valence-electron chi connectivity index (χ1n) is 4.25. The van der Waals surface area contributed by atoms with E-state index in [1.54, 1.807) is 19.1 Å². The normalized spacial score (nSPS) is 12.5. The maximum absolute atomic E-state index is 8.98. The van der Waals surface area contributed by atoms with E-state index < -0.39 is 0 Å². The zero-order chi connectivity index (χ0) is 9.68. The summed E-state index contributed by atoms with van der Waals surface area (Å²) in [5.74, 6) is 0.744. The van der Waals surface area contributed by atoms with Crippen LogP contribution in [0.1, 0.15) is 13.3 Å². The SMILES string of the molecule is CC(O)CCOc1cccc(Cl)c1. The fourth-order valence-electron chi connectivity index (χ4n) is 0.904. The van der Waals surface area contributed by atoms with Gasteiger partial charge in [0.25, 0.3) is 0 Å². The summed E-state index contributed by atoms with van der Waals surface area (Å²) in [4.78, 5) is 0. The molecule has 1 rings (SSSR count). The monoisotopic (exact) mass is 200 g/mol. The standard InChI is InChI=1S/C10H13ClO2/c1-8(12)5-6-13-10-4-2-3-9(11)7-10/h2-4,7-8,12H,5-6H2,1H3. The number of hydrogen-bond donors (Lipinski definition) is 1. The molecule has 0 amide bonds. The highest BCUT2D eigenvalue weighted by atomic mass is 35.5. The van der Waals surface area contributed by atoms with E-state index >= 15 is 0 Å². The topological polar surface area (TPSA) is 29.5 Å². The van der Waals surface area contributed by atoms with Crippen molar-refractivity contribution in [2.45, 2.75) is 19.4 Å². The molecule has 0 bridgehead atoms. The number of aliphatic hydroxyl groups is 1. The number of hydrogen-bond acceptors (Lipinski definition) is 2. The summed E-state index contributed by atoms with van der Waals surface area (Å²) < 4.78 is 5.35. The van der Waals surface area contributed by atoms with Crippen LogP contribution in [0.15, 0.2) is 24.3 Å². The number of benzene rings is 1. The summed E-state index contributed by atoms with van der Waals surface area (Å²) >= 11 is 5.76. The molecule has 0 aromatic heterocycles. The maximum Gasteiger partial charge on any atom is 0.120 e. The average Bonchev–Trinajstić information content (AvgIpc) is 2.03. The Hall–Kier alpha value is -0.730. The average molecular weight is 201 g/mol. The van der Waals surface area contributed by atoms with Gasteiger partial charge in [-0.2, -0.15) is 0 Å². The van der Waals surface area contributed by atoms with Crippen molar-refractivity contribution < 1.29 is 9.84 Å². The molecule has 1 atom stereocenters. The molecule has 0 spiro atoms. The summed E-state index contributed by atoms with van der Waals surface area (Å²) in [6.45, 7) is 2.25. The van der Waals surface area contributed by atoms with Gasteiger partial charge in [-0.05, 0) is 25.1 Å². The van der Waals surface area contributed by atoms with Crippen LogP contribution in [0.5, 0.6) is 5.75 Å². The first kappa shape index (κ1) is 10.4. The first-order chi connectivity index (χ1) is 6.18. The Kier molecular flexibility index (Phi) is 4.06. The van der Waals surface area contributed by atoms with Crippen LogP contribution in [-0.2, 0) is 0 Å². The molecule has 0 aliphatic rings. The number of rotatable bonds is 4. The quantitative estimate of drug-likeness (QED) is 0.809. The molecule has 0 saturated heterocycles. The van der Waals surface area contributed by atoms with E-state index in [-0.39, 0.29) is 6.10 Å². The third-order valence-corrected chi connectivity index (χ3v) is 1.84. The van der Waals surface area contributed by atoms with Crippen LogP contribution in [0.25, 0.3) is 0 Å². The lowest BCUT2D eigenvalue weighted by Gasteiger charge is -2.07. The van der Waals surface area contributed by atoms with Gasteiger partial charge < -0.3 is 9.84 Å². The van der Waals surface area contributed by atoms with Crippen LogP contribution >= 0.6 is 11.6 Å². The molecule has 1 N–H and O–H groups in total. The molecule has 0 saturated carbocycles. The lowest BCUT2D eigenvalue weighted by Crippen LogP contribution is -2.07. The predicted molar refractivity (Wildman–Crippen MR) is 53.2 cm³/mol. The van der Waals surface area contributed by atoms with Gasteiger partial charge in [0.15, 0.2) is 0 Å². The van der Waals surface area contributed by atoms with Gasteiger partial charge in [-0.1, -0.05) is 17.7 Å². The van der Waals surface area contributed by atoms with Crippen molar-refractivity contribution >= 4 is 11.6 Å². The van der Waals surface area contributed by atoms with Gasteiger partial charge in [0.2, 0.25) is 0 Å². The van der Waals surface area contributed by atoms with Gasteiger partial charge in [-0.15, -0.1) is 0 Å². The van der Waals surface area contributed by atoms with E-state index in [1.165, 1.54) is 0 Å². The Bertz CT molecular complexity index is 261. The molecule has 1 aromatic carbocycles. The van der Waals surface area contributed by atoms with Crippen LogP contribution in [0.3, 0.4) is 0 Å². The van der Waals surface area contributed by atoms with Crippen molar-refractivity contribution in [1.82, 2.24) is 0 Å². The Morgan fingerprint density at radius 1 is 1.54 bits per heavy atom. The van der Waals surface area contributed by atoms with Crippen molar-refractivity contribution in [3.05, 3.63) is 29.3 Å². The van der Waals surface area contributed by atoms with Crippen LogP contribution in [0.2, 0.25) is 5.02 Å². The van der Waals surface area contributed by atoms with Gasteiger partial charge >= 0.3 is 0 Å². The fraction of sp³-hybridized carbons (Fsp3) is 0.400. The summed E-state index contributed by atoms with van der Waals surface area (Å²) in [7, 11) is 0. The third-order valence-electron chi connectivity index (χ3n) is 1.60. The van der Waals surface area contributed by atoms with Crippen molar-refractivity contribution in [2.75, 3.05) is 6.61 Å². The van der Waals surface area contributed by atoms with Crippen LogP contribution in [0, 0.1) is 0 Å². The minimum absolute atomic E-state index is 0.320. The Balaban J connectivity index is 2.37. The summed E-state index contributed by atoms with van der Waals surface area (Å²) in [5.41, 5.74) is 0. The molecule has 3 heteroatoms. The van der Waals surface area contributed by atoms with Gasteiger partial charge in [-0.25, -0.2) is 0 Å². The Morgan fingerprint density at radius 2 is 2.31 bits per heavy atom. The van der Waals surface area contributed by atoms with Gasteiger partial charge in [0, 0.05) is 11.4 Å². The molecular formula is C10H13ClO2. The molecule has 13 heavy (non-hydrogen) atoms. The van der Waals surface area contributed by atoms with Crippen LogP contribution < -0.4 is 4.74 Å². The molecule has 0 heterocycles. The van der Waals surface area contributed by atoms with E-state index in [2.05, 4.69) is 0 Å². The summed E-state index contributed by atoms with van der Waals surface area (Å²) in [6, 6.07) is 7.22. The van der Waals surface area contributed by atoms with Crippen molar-refractivity contribution in [3.8, 4) is 5.75 Å². The highest BCUT2D eigenvalue weighted by molar-refractivity contribution is 6.30. The molecule has 72 valence electrons. The molecular weight excluding hydrogens is 188 g/mol. The number of halogens is 1. The molecule has 1 unspecified atom stereocenters. The van der Waals surface area contributed by atoms with Crippen LogP contribution in [-0.4, -0.2) is 17.8 Å². The zero-order valence-corrected chi connectivity index (χ0v) is 8.29. The van der Waals surface area contributed by atoms with Crippen molar-refractivity contribution in [3.63, 3.8) is 0 Å². The van der Waals surface area contributed by atoms with E-state index in [0.29, 0.717) is 18.1 Å². The highest BCUT2D eigenvalue weighted by Crippen LogP contribution is 2.17. The molecule has 0 fully saturated rings. The highest BCUT2D eigenvalue weighted by Gasteiger charge is 1.97. The van der Waals surface area contributed by atoms with E-state index in [1.807, 2.05) is 12.1 Å². The van der Waals surface area contributed by atoms with Crippen LogP contribution in [0.4, 0.5) is 0 Å². The molecule has 0 aliphatic heterocycles. The molecule has 0 aliphatic carbocycles. The second-order valence-corrected chi connectivity index (χ2v) is 3.38. The molecule has 2 nitrogen and oxygen atoms in total. The van der Waals surface area contributed by atoms with Gasteiger partial charge in [0.1, 0.15) is 5.75 Å². The third kappa shape index (κ3) is 4.15. The Morgan fingerprint density at radius 3 is 2.92 bits per heavy atom. The second-order valence-electron chi connectivity index (χ2n) is 2.94. The summed E-state index contributed by atoms with van der Waals surface area (Å²) in [6.07, 6.45) is 0.311. The first-order valence-corrected chi connectivity index (χ1v) is 4.62. The largest absolute Gasteiger partial charge is 0.493 e. The number of aliphatic hydroxyl groups excluding tert-OH is 1. The molecule has 1 aromatic rings. The number of ether oxygens (including phenoxy) is 1. The Labute approximate surface area is 83.1 Å². The second kappa shape index (κ2) is 5.10. The zero-order valence-electron chi connectivity index (χ0n) is 7.53. The van der Waals surface area contributed by atoms with Crippen molar-refractivity contribution in [1.29, 1.82) is 0 Å². The lowest BCUT2D eigenvalue weighted by molar-refractivity contribution is 0.155. The van der Waals surface area contributed by atoms with Gasteiger partial charge in [-0.3, -0.25) is 0 Å².